The van der Waals surface area contributed by atoms with Gasteiger partial charge in [0.15, 0.2) is 5.78 Å². The number of amides is 1. The molecule has 0 bridgehead atoms. The lowest BCUT2D eigenvalue weighted by molar-refractivity contribution is -0.132. The number of carbonyl (C=O) groups excluding carboxylic acids is 2. The first kappa shape index (κ1) is 38.9. The van der Waals surface area contributed by atoms with Crippen LogP contribution in [0.4, 0.5) is 8.78 Å². The van der Waals surface area contributed by atoms with Gasteiger partial charge in [-0.2, -0.15) is 0 Å². The van der Waals surface area contributed by atoms with Gasteiger partial charge in [0.1, 0.15) is 11.6 Å². The van der Waals surface area contributed by atoms with Crippen LogP contribution in [0.25, 0.3) is 0 Å². The fourth-order valence-electron chi connectivity index (χ4n) is 4.91. The third-order valence-corrected chi connectivity index (χ3v) is 7.54. The van der Waals surface area contributed by atoms with Crippen LogP contribution in [-0.2, 0) is 4.79 Å². The molecule has 0 atom stereocenters. The highest BCUT2D eigenvalue weighted by atomic mass is 35.5. The summed E-state index contributed by atoms with van der Waals surface area (Å²) in [5.41, 5.74) is 2.84. The van der Waals surface area contributed by atoms with E-state index in [0.29, 0.717) is 17.0 Å². The van der Waals surface area contributed by atoms with Gasteiger partial charge in [0.25, 0.3) is 0 Å². The first-order valence-corrected chi connectivity index (χ1v) is 16.4. The molecule has 1 fully saturated rings. The van der Waals surface area contributed by atoms with Gasteiger partial charge in [0, 0.05) is 49.1 Å². The van der Waals surface area contributed by atoms with Gasteiger partial charge in [-0.1, -0.05) is 83.3 Å². The number of piperazine rings is 1. The van der Waals surface area contributed by atoms with Crippen molar-refractivity contribution in [2.45, 2.75) is 79.6 Å². The molecule has 1 saturated heterocycles. The molecule has 44 heavy (non-hydrogen) atoms. The second kappa shape index (κ2) is 22.4. The molecule has 4 rings (SSSR count). The summed E-state index contributed by atoms with van der Waals surface area (Å²) in [6, 6.07) is 20.2. The van der Waals surface area contributed by atoms with Crippen molar-refractivity contribution < 1.29 is 18.4 Å². The van der Waals surface area contributed by atoms with E-state index in [9.17, 15) is 18.4 Å². The van der Waals surface area contributed by atoms with Crippen molar-refractivity contribution in [2.24, 2.45) is 0 Å². The molecule has 0 spiro atoms. The molecule has 3 aromatic rings. The van der Waals surface area contributed by atoms with Crippen molar-refractivity contribution in [3.63, 3.8) is 0 Å². The van der Waals surface area contributed by atoms with Crippen LogP contribution >= 0.6 is 11.6 Å². The molecule has 0 radical (unpaired) electrons. The number of nitrogens with zero attached hydrogens (tertiary/aromatic N) is 2. The Bertz CT molecular complexity index is 1150. The lowest BCUT2D eigenvalue weighted by atomic mass is 9.87. The molecule has 1 aliphatic heterocycles. The van der Waals surface area contributed by atoms with E-state index < -0.39 is 0 Å². The van der Waals surface area contributed by atoms with Crippen LogP contribution in [0, 0.1) is 11.6 Å². The molecule has 242 valence electrons. The third-order valence-electron chi connectivity index (χ3n) is 7.29. The third kappa shape index (κ3) is 14.1. The van der Waals surface area contributed by atoms with Crippen LogP contribution in [0.3, 0.4) is 0 Å². The summed E-state index contributed by atoms with van der Waals surface area (Å²) in [4.78, 5) is 26.9. The molecule has 4 nitrogen and oxygen atoms in total. The van der Waals surface area contributed by atoms with Crippen LogP contribution in [0.2, 0.25) is 5.02 Å². The average molecular weight is 629 g/mol. The second-order valence-corrected chi connectivity index (χ2v) is 10.6. The maximum Gasteiger partial charge on any atom is 0.222 e. The van der Waals surface area contributed by atoms with Gasteiger partial charge in [-0.05, 0) is 86.0 Å². The Hall–Kier alpha value is -3.09. The van der Waals surface area contributed by atoms with Crippen LogP contribution < -0.4 is 0 Å². The number of ketones is 1. The number of Topliss-reactive ketones (excluding diaryl/α,β-unsaturated/α-hetero) is 1. The van der Waals surface area contributed by atoms with Gasteiger partial charge in [-0.15, -0.1) is 0 Å². The topological polar surface area (TPSA) is 40.6 Å². The van der Waals surface area contributed by atoms with Crippen molar-refractivity contribution in [1.82, 2.24) is 9.80 Å². The summed E-state index contributed by atoms with van der Waals surface area (Å²) in [6.07, 6.45) is 4.85. The van der Waals surface area contributed by atoms with Crippen LogP contribution in [0.1, 0.15) is 101 Å². The number of carbonyl (C=O) groups is 2. The van der Waals surface area contributed by atoms with Crippen molar-refractivity contribution in [1.29, 1.82) is 0 Å². The van der Waals surface area contributed by atoms with Crippen molar-refractivity contribution >= 4 is 23.3 Å². The molecule has 0 saturated carbocycles. The second-order valence-electron chi connectivity index (χ2n) is 10.1. The Kier molecular flexibility index (Phi) is 19.8. The molecule has 1 amide bonds. The van der Waals surface area contributed by atoms with Gasteiger partial charge in [-0.25, -0.2) is 8.78 Å². The smallest absolute Gasteiger partial charge is 0.222 e. The van der Waals surface area contributed by atoms with Crippen molar-refractivity contribution in [3.8, 4) is 0 Å². The quantitative estimate of drug-likeness (QED) is 0.166. The molecular weight excluding hydrogens is 578 g/mol. The highest BCUT2D eigenvalue weighted by molar-refractivity contribution is 6.30. The number of unbranched alkanes of at least 4 members (excludes halogenated alkanes) is 2. The molecule has 0 N–H and O–H groups in total. The Morgan fingerprint density at radius 3 is 1.64 bits per heavy atom. The van der Waals surface area contributed by atoms with Gasteiger partial charge in [0.05, 0.1) is 0 Å². The number of hydrogen-bond acceptors (Lipinski definition) is 3. The highest BCUT2D eigenvalue weighted by Gasteiger charge is 2.19. The van der Waals surface area contributed by atoms with E-state index in [1.165, 1.54) is 31.2 Å². The van der Waals surface area contributed by atoms with E-state index in [4.69, 9.17) is 11.6 Å². The van der Waals surface area contributed by atoms with Crippen molar-refractivity contribution in [2.75, 3.05) is 32.7 Å². The van der Waals surface area contributed by atoms with Gasteiger partial charge in [-0.3, -0.25) is 14.5 Å². The van der Waals surface area contributed by atoms with Crippen LogP contribution in [-0.4, -0.2) is 54.2 Å². The molecule has 7 heteroatoms. The maximum absolute atomic E-state index is 13.3. The highest BCUT2D eigenvalue weighted by Crippen LogP contribution is 2.30. The largest absolute Gasteiger partial charge is 0.340 e. The molecule has 3 aromatic carbocycles. The fourth-order valence-corrected chi connectivity index (χ4v) is 5.03. The first-order valence-electron chi connectivity index (χ1n) is 16.0. The van der Waals surface area contributed by atoms with E-state index in [2.05, 4.69) is 4.90 Å². The Morgan fingerprint density at radius 1 is 0.727 bits per heavy atom. The van der Waals surface area contributed by atoms with Gasteiger partial charge in [0.2, 0.25) is 5.91 Å². The predicted octanol–water partition coefficient (Wildman–Crippen LogP) is 9.81. The lowest BCUT2D eigenvalue weighted by Gasteiger charge is -2.34. The van der Waals surface area contributed by atoms with E-state index in [1.54, 1.807) is 24.3 Å². The molecule has 0 aliphatic carbocycles. The zero-order valence-corrected chi connectivity index (χ0v) is 28.2. The van der Waals surface area contributed by atoms with Crippen LogP contribution in [0.5, 0.6) is 0 Å². The minimum absolute atomic E-state index is 0.0664. The molecule has 0 aromatic heterocycles. The zero-order chi connectivity index (χ0) is 32.9. The van der Waals surface area contributed by atoms with Crippen molar-refractivity contribution in [3.05, 3.63) is 106 Å². The van der Waals surface area contributed by atoms with Crippen LogP contribution in [0.15, 0.2) is 72.8 Å². The van der Waals surface area contributed by atoms with Gasteiger partial charge < -0.3 is 4.90 Å². The minimum Gasteiger partial charge on any atom is -0.340 e. The number of benzene rings is 3. The summed E-state index contributed by atoms with van der Waals surface area (Å²) >= 11 is 5.61. The van der Waals surface area contributed by atoms with E-state index in [-0.39, 0.29) is 29.2 Å². The SMILES string of the molecule is CC.CC.CC(=O)c1ccc(Cl)cc1.CCC(=O)N1CCN(CCCCCC(c2ccc(F)cc2)c2ccc(F)cc2)CC1. The zero-order valence-electron chi connectivity index (χ0n) is 27.4. The van der Waals surface area contributed by atoms with E-state index in [0.717, 1.165) is 69.5 Å². The average Bonchev–Trinajstić information content (AvgIpc) is 3.06. The first-order chi connectivity index (χ1) is 21.3. The van der Waals surface area contributed by atoms with E-state index >= 15 is 0 Å². The number of rotatable bonds is 10. The summed E-state index contributed by atoms with van der Waals surface area (Å²) in [5.74, 6) is -0.0107. The summed E-state index contributed by atoms with van der Waals surface area (Å²) in [6.45, 7) is 16.1. The molecule has 1 aliphatic rings. The summed E-state index contributed by atoms with van der Waals surface area (Å²) < 4.78 is 26.7. The Morgan fingerprint density at radius 2 is 1.20 bits per heavy atom. The number of hydrogen-bond donors (Lipinski definition) is 0. The minimum atomic E-state index is -0.239. The normalized spacial score (nSPS) is 12.6. The number of halogens is 3. The summed E-state index contributed by atoms with van der Waals surface area (Å²) in [5, 5.41) is 0.657. The fraction of sp³-hybridized carbons (Fsp3) is 0.459. The summed E-state index contributed by atoms with van der Waals surface area (Å²) in [7, 11) is 0. The monoisotopic (exact) mass is 628 g/mol. The Labute approximate surface area is 269 Å². The molecule has 0 unspecified atom stereocenters. The molecule has 1 heterocycles. The molecular formula is C37H51ClF2N2O2. The van der Waals surface area contributed by atoms with E-state index in [1.807, 2.05) is 63.8 Å². The Balaban J connectivity index is 0.000000578. The van der Waals surface area contributed by atoms with Gasteiger partial charge >= 0.3 is 0 Å². The maximum atomic E-state index is 13.3. The predicted molar refractivity (Wildman–Crippen MR) is 181 cm³/mol. The standard InChI is InChI=1S/C25H32F2N2O.C8H7ClO.2C2H6/c1-2-25(30)29-18-16-28(17-19-29)15-5-3-4-6-24(20-7-11-22(26)12-8-20)21-9-13-23(27)14-10-21;1-6(10)7-2-4-8(9)5-3-7;2*1-2/h7-14,24H,2-6,15-19H2,1H3;2-5H,1H3;2*1-2H3. The lowest BCUT2D eigenvalue weighted by Crippen LogP contribution is -2.48.